The van der Waals surface area contributed by atoms with Crippen LogP contribution in [0.4, 0.5) is 4.39 Å². The van der Waals surface area contributed by atoms with Crippen LogP contribution < -0.4 is 10.1 Å². The van der Waals surface area contributed by atoms with Crippen LogP contribution >= 0.6 is 0 Å². The molecular weight excluding hydrogens is 361 g/mol. The lowest BCUT2D eigenvalue weighted by molar-refractivity contribution is -0.131. The Balaban J connectivity index is 1.77. The molecule has 0 saturated carbocycles. The number of hydrogen-bond acceptors (Lipinski definition) is 4. The SMILES string of the molecule is COc1cccc(C(CNC(=O)C2(c3ccc(F)cc3)CCOCC2)OC)c1. The second-order valence-corrected chi connectivity index (χ2v) is 6.91. The van der Waals surface area contributed by atoms with Gasteiger partial charge in [0.2, 0.25) is 5.91 Å². The maximum Gasteiger partial charge on any atom is 0.230 e. The first-order valence-electron chi connectivity index (χ1n) is 9.38. The van der Waals surface area contributed by atoms with Crippen LogP contribution in [0.1, 0.15) is 30.1 Å². The number of carbonyl (C=O) groups excluding carboxylic acids is 1. The van der Waals surface area contributed by atoms with E-state index < -0.39 is 5.41 Å². The molecular formula is C22H26FNO4. The zero-order chi connectivity index (χ0) is 20.0. The first-order chi connectivity index (χ1) is 13.6. The van der Waals surface area contributed by atoms with E-state index in [4.69, 9.17) is 14.2 Å². The molecule has 0 aromatic heterocycles. The molecule has 6 heteroatoms. The molecule has 1 N–H and O–H groups in total. The van der Waals surface area contributed by atoms with E-state index in [1.165, 1.54) is 12.1 Å². The summed E-state index contributed by atoms with van der Waals surface area (Å²) < 4.78 is 29.7. The number of ether oxygens (including phenoxy) is 3. The van der Waals surface area contributed by atoms with Crippen molar-refractivity contribution in [1.29, 1.82) is 0 Å². The summed E-state index contributed by atoms with van der Waals surface area (Å²) >= 11 is 0. The molecule has 0 radical (unpaired) electrons. The van der Waals surface area contributed by atoms with E-state index in [1.54, 1.807) is 26.4 Å². The quantitative estimate of drug-likeness (QED) is 0.791. The minimum Gasteiger partial charge on any atom is -0.497 e. The number of halogens is 1. The normalized spacial score (nSPS) is 17.0. The smallest absolute Gasteiger partial charge is 0.230 e. The van der Waals surface area contributed by atoms with Crippen LogP contribution in [0.2, 0.25) is 0 Å². The van der Waals surface area contributed by atoms with Crippen molar-refractivity contribution in [2.24, 2.45) is 0 Å². The zero-order valence-electron chi connectivity index (χ0n) is 16.2. The Labute approximate surface area is 164 Å². The van der Waals surface area contributed by atoms with Gasteiger partial charge in [-0.05, 0) is 48.2 Å². The van der Waals surface area contributed by atoms with E-state index in [9.17, 15) is 9.18 Å². The van der Waals surface area contributed by atoms with Gasteiger partial charge in [0.1, 0.15) is 11.6 Å². The standard InChI is InChI=1S/C22H26FNO4/c1-26-19-5-3-4-16(14-19)20(27-2)15-24-21(25)22(10-12-28-13-11-22)17-6-8-18(23)9-7-17/h3-9,14,20H,10-13,15H2,1-2H3,(H,24,25). The number of benzene rings is 2. The van der Waals surface area contributed by atoms with E-state index >= 15 is 0 Å². The molecule has 0 bridgehead atoms. The van der Waals surface area contributed by atoms with Crippen LogP contribution in [0.5, 0.6) is 5.75 Å². The molecule has 5 nitrogen and oxygen atoms in total. The number of hydrogen-bond donors (Lipinski definition) is 1. The van der Waals surface area contributed by atoms with Crippen LogP contribution in [0.25, 0.3) is 0 Å². The van der Waals surface area contributed by atoms with Gasteiger partial charge in [0.05, 0.1) is 18.6 Å². The maximum atomic E-state index is 13.4. The minimum absolute atomic E-state index is 0.0904. The molecule has 150 valence electrons. The van der Waals surface area contributed by atoms with Crippen molar-refractivity contribution in [3.05, 3.63) is 65.5 Å². The fourth-order valence-corrected chi connectivity index (χ4v) is 3.67. The fraction of sp³-hybridized carbons (Fsp3) is 0.409. The van der Waals surface area contributed by atoms with Crippen molar-refractivity contribution in [1.82, 2.24) is 5.32 Å². The molecule has 1 unspecified atom stereocenters. The Morgan fingerprint density at radius 1 is 1.18 bits per heavy atom. The predicted molar refractivity (Wildman–Crippen MR) is 104 cm³/mol. The van der Waals surface area contributed by atoms with Crippen LogP contribution in [0, 0.1) is 5.82 Å². The Hall–Kier alpha value is -2.44. The van der Waals surface area contributed by atoms with Crippen molar-refractivity contribution in [3.63, 3.8) is 0 Å². The zero-order valence-corrected chi connectivity index (χ0v) is 16.2. The topological polar surface area (TPSA) is 56.8 Å². The fourth-order valence-electron chi connectivity index (χ4n) is 3.67. The van der Waals surface area contributed by atoms with Crippen LogP contribution in [0.15, 0.2) is 48.5 Å². The van der Waals surface area contributed by atoms with E-state index in [2.05, 4.69) is 5.32 Å². The lowest BCUT2D eigenvalue weighted by Gasteiger charge is -2.36. The molecule has 1 atom stereocenters. The average molecular weight is 387 g/mol. The largest absolute Gasteiger partial charge is 0.497 e. The summed E-state index contributed by atoms with van der Waals surface area (Å²) in [5, 5.41) is 3.04. The highest BCUT2D eigenvalue weighted by molar-refractivity contribution is 5.88. The minimum atomic E-state index is -0.724. The van der Waals surface area contributed by atoms with Gasteiger partial charge in [0.25, 0.3) is 0 Å². The number of amides is 1. The van der Waals surface area contributed by atoms with Gasteiger partial charge in [-0.25, -0.2) is 4.39 Å². The summed E-state index contributed by atoms with van der Waals surface area (Å²) in [5.74, 6) is 0.328. The van der Waals surface area contributed by atoms with E-state index in [1.807, 2.05) is 24.3 Å². The number of rotatable bonds is 7. The molecule has 2 aromatic carbocycles. The molecule has 3 rings (SSSR count). The van der Waals surface area contributed by atoms with Gasteiger partial charge >= 0.3 is 0 Å². The monoisotopic (exact) mass is 387 g/mol. The number of nitrogens with one attached hydrogen (secondary N) is 1. The third-order valence-corrected chi connectivity index (χ3v) is 5.38. The van der Waals surface area contributed by atoms with Crippen molar-refractivity contribution in [3.8, 4) is 5.75 Å². The van der Waals surface area contributed by atoms with Crippen LogP contribution in [-0.4, -0.2) is 39.9 Å². The van der Waals surface area contributed by atoms with Gasteiger partial charge in [0.15, 0.2) is 0 Å². The molecule has 1 heterocycles. The maximum absolute atomic E-state index is 13.4. The number of methoxy groups -OCH3 is 2. The molecule has 1 aliphatic heterocycles. The highest BCUT2D eigenvalue weighted by atomic mass is 19.1. The van der Waals surface area contributed by atoms with Gasteiger partial charge in [-0.3, -0.25) is 4.79 Å². The summed E-state index contributed by atoms with van der Waals surface area (Å²) in [4.78, 5) is 13.2. The number of carbonyl (C=O) groups is 1. The van der Waals surface area contributed by atoms with Crippen molar-refractivity contribution in [2.75, 3.05) is 34.0 Å². The molecule has 2 aromatic rings. The molecule has 1 saturated heterocycles. The first-order valence-corrected chi connectivity index (χ1v) is 9.38. The second-order valence-electron chi connectivity index (χ2n) is 6.91. The highest BCUT2D eigenvalue weighted by Crippen LogP contribution is 2.35. The Morgan fingerprint density at radius 3 is 2.54 bits per heavy atom. The van der Waals surface area contributed by atoms with Crippen molar-refractivity contribution < 1.29 is 23.4 Å². The second kappa shape index (κ2) is 9.17. The lowest BCUT2D eigenvalue weighted by atomic mass is 9.73. The van der Waals surface area contributed by atoms with Crippen LogP contribution in [-0.2, 0) is 19.7 Å². The van der Waals surface area contributed by atoms with E-state index in [-0.39, 0.29) is 17.8 Å². The summed E-state index contributed by atoms with van der Waals surface area (Å²) in [6.45, 7) is 1.31. The lowest BCUT2D eigenvalue weighted by Crippen LogP contribution is -2.49. The Kier molecular flexibility index (Phi) is 6.65. The Morgan fingerprint density at radius 2 is 1.89 bits per heavy atom. The van der Waals surface area contributed by atoms with Crippen LogP contribution in [0.3, 0.4) is 0 Å². The van der Waals surface area contributed by atoms with Crippen molar-refractivity contribution >= 4 is 5.91 Å². The molecule has 28 heavy (non-hydrogen) atoms. The van der Waals surface area contributed by atoms with Gasteiger partial charge < -0.3 is 19.5 Å². The van der Waals surface area contributed by atoms with Gasteiger partial charge in [0, 0.05) is 26.9 Å². The van der Waals surface area contributed by atoms with E-state index in [0.717, 1.165) is 16.9 Å². The molecule has 1 aliphatic rings. The molecule has 1 fully saturated rings. The highest BCUT2D eigenvalue weighted by Gasteiger charge is 2.41. The summed E-state index contributed by atoms with van der Waals surface area (Å²) in [7, 11) is 3.22. The summed E-state index contributed by atoms with van der Waals surface area (Å²) in [6.07, 6.45) is 0.812. The van der Waals surface area contributed by atoms with Gasteiger partial charge in [-0.15, -0.1) is 0 Å². The molecule has 0 aliphatic carbocycles. The third kappa shape index (κ3) is 4.34. The van der Waals surface area contributed by atoms with Crippen molar-refractivity contribution in [2.45, 2.75) is 24.4 Å². The summed E-state index contributed by atoms with van der Waals surface area (Å²) in [5.41, 5.74) is 1.01. The molecule has 1 amide bonds. The first kappa shape index (κ1) is 20.3. The Bertz CT molecular complexity index is 787. The predicted octanol–water partition coefficient (Wildman–Crippen LogP) is 3.39. The van der Waals surface area contributed by atoms with Gasteiger partial charge in [-0.2, -0.15) is 0 Å². The summed E-state index contributed by atoms with van der Waals surface area (Å²) in [6, 6.07) is 13.8. The average Bonchev–Trinajstić information content (AvgIpc) is 2.75. The van der Waals surface area contributed by atoms with E-state index in [0.29, 0.717) is 32.6 Å². The molecule has 0 spiro atoms. The third-order valence-electron chi connectivity index (χ3n) is 5.38. The van der Waals surface area contributed by atoms with Gasteiger partial charge in [-0.1, -0.05) is 24.3 Å².